The third-order valence-electron chi connectivity index (χ3n) is 12.3. The fraction of sp³-hybridized carbons (Fsp3) is 0.0526. The smallest absolute Gasteiger partial charge is 0.152 e. The van der Waals surface area contributed by atoms with Crippen molar-refractivity contribution in [2.24, 2.45) is 0 Å². The van der Waals surface area contributed by atoms with Crippen molar-refractivity contribution in [2.45, 2.75) is 19.3 Å². The molecular weight excluding hydrogens is 729 g/mol. The van der Waals surface area contributed by atoms with Gasteiger partial charge in [0.2, 0.25) is 0 Å². The summed E-state index contributed by atoms with van der Waals surface area (Å²) in [5.74, 6) is 1.67. The summed E-state index contributed by atoms with van der Waals surface area (Å²) in [5.41, 5.74) is 18.7. The van der Waals surface area contributed by atoms with Gasteiger partial charge in [-0.25, -0.2) is 0 Å². The van der Waals surface area contributed by atoms with E-state index in [1.807, 2.05) is 12.1 Å². The van der Waals surface area contributed by atoms with Gasteiger partial charge in [-0.3, -0.25) is 0 Å². The first-order valence-electron chi connectivity index (χ1n) is 20.7. The van der Waals surface area contributed by atoms with Gasteiger partial charge in [0.05, 0.1) is 11.4 Å². The Labute approximate surface area is 352 Å². The molecule has 0 fully saturated rings. The van der Waals surface area contributed by atoms with Crippen LogP contribution in [-0.4, -0.2) is 0 Å². The van der Waals surface area contributed by atoms with Crippen molar-refractivity contribution in [1.82, 2.24) is 0 Å². The maximum absolute atomic E-state index is 6.57. The van der Waals surface area contributed by atoms with Crippen LogP contribution in [0.2, 0.25) is 0 Å². The Balaban J connectivity index is 0.969. The van der Waals surface area contributed by atoms with Gasteiger partial charge in [-0.05, 0) is 134 Å². The highest BCUT2D eigenvalue weighted by atomic mass is 16.5. The minimum Gasteiger partial charge on any atom is -0.453 e. The van der Waals surface area contributed by atoms with Crippen LogP contribution in [0.1, 0.15) is 25.0 Å². The number of ether oxygens (including phenoxy) is 1. The van der Waals surface area contributed by atoms with Gasteiger partial charge in [-0.2, -0.15) is 0 Å². The predicted molar refractivity (Wildman–Crippen MR) is 250 cm³/mol. The number of rotatable bonds is 7. The summed E-state index contributed by atoms with van der Waals surface area (Å²) in [6.45, 7) is 4.69. The number of fused-ring (bicyclic) bond motifs is 5. The van der Waals surface area contributed by atoms with E-state index >= 15 is 0 Å². The fourth-order valence-electron chi connectivity index (χ4n) is 9.19. The van der Waals surface area contributed by atoms with E-state index in [9.17, 15) is 0 Å². The molecule has 9 aromatic rings. The Kier molecular flexibility index (Phi) is 8.49. The molecule has 0 saturated carbocycles. The first-order valence-corrected chi connectivity index (χ1v) is 20.7. The van der Waals surface area contributed by atoms with Crippen LogP contribution >= 0.6 is 0 Å². The van der Waals surface area contributed by atoms with Crippen LogP contribution in [0.3, 0.4) is 0 Å². The molecule has 1 aliphatic carbocycles. The van der Waals surface area contributed by atoms with Gasteiger partial charge in [-0.15, -0.1) is 0 Å². The van der Waals surface area contributed by atoms with Crippen LogP contribution in [0.15, 0.2) is 218 Å². The third kappa shape index (κ3) is 6.06. The number of hydrogen-bond acceptors (Lipinski definition) is 3. The molecule has 0 spiro atoms. The molecule has 11 rings (SSSR count). The largest absolute Gasteiger partial charge is 0.453 e. The standard InChI is InChI=1S/C57H42N2O/c1-57(2)51-21-10-9-20-49(51)50-34-33-48(38-52(50)57)58(46-29-24-40(25-30-46)43-17-13-16-42(36-43)39-14-5-3-6-15-39)47-31-26-41(27-32-47)44-28-35-54-56(37-44)60-55-23-12-11-22-53(55)59(54)45-18-7-4-8-19-45/h3-38H,1-2H3. The Morgan fingerprint density at radius 2 is 0.883 bits per heavy atom. The maximum Gasteiger partial charge on any atom is 0.152 e. The number of anilines is 6. The summed E-state index contributed by atoms with van der Waals surface area (Å²) in [7, 11) is 0. The van der Waals surface area contributed by atoms with Crippen LogP contribution < -0.4 is 14.5 Å². The molecule has 0 N–H and O–H groups in total. The Hall–Kier alpha value is -7.62. The van der Waals surface area contributed by atoms with E-state index in [2.05, 4.69) is 230 Å². The van der Waals surface area contributed by atoms with Crippen molar-refractivity contribution in [2.75, 3.05) is 9.80 Å². The molecule has 0 amide bonds. The van der Waals surface area contributed by atoms with Crippen LogP contribution in [0.4, 0.5) is 34.1 Å². The highest BCUT2D eigenvalue weighted by Crippen LogP contribution is 2.52. The van der Waals surface area contributed by atoms with Crippen molar-refractivity contribution >= 4 is 34.1 Å². The second-order valence-electron chi connectivity index (χ2n) is 16.2. The van der Waals surface area contributed by atoms with Crippen molar-refractivity contribution in [1.29, 1.82) is 0 Å². The summed E-state index contributed by atoms with van der Waals surface area (Å²) in [6.07, 6.45) is 0. The average Bonchev–Trinajstić information content (AvgIpc) is 3.54. The van der Waals surface area contributed by atoms with Crippen molar-refractivity contribution in [3.63, 3.8) is 0 Å². The highest BCUT2D eigenvalue weighted by Gasteiger charge is 2.36. The maximum atomic E-state index is 6.57. The molecule has 9 aromatic carbocycles. The van der Waals surface area contributed by atoms with E-state index in [1.165, 1.54) is 44.5 Å². The third-order valence-corrected chi connectivity index (χ3v) is 12.3. The number of hydrogen-bond donors (Lipinski definition) is 0. The molecule has 2 aliphatic rings. The van der Waals surface area contributed by atoms with Gasteiger partial charge in [0.1, 0.15) is 0 Å². The Bertz CT molecular complexity index is 3020. The van der Waals surface area contributed by atoms with Crippen molar-refractivity contribution in [3.05, 3.63) is 230 Å². The molecule has 1 aliphatic heterocycles. The van der Waals surface area contributed by atoms with E-state index in [0.717, 1.165) is 56.8 Å². The molecule has 0 aromatic heterocycles. The molecular formula is C57H42N2O. The van der Waals surface area contributed by atoms with Crippen LogP contribution in [-0.2, 0) is 5.41 Å². The molecule has 0 atom stereocenters. The minimum atomic E-state index is -0.115. The SMILES string of the molecule is CC1(C)c2ccccc2-c2ccc(N(c3ccc(-c4cccc(-c5ccccc5)c4)cc3)c3ccc(-c4ccc5c(c4)Oc4ccccc4N5c4ccccc4)cc3)cc21. The molecule has 0 unspecified atom stereocenters. The van der Waals surface area contributed by atoms with Crippen LogP contribution in [0.5, 0.6) is 11.5 Å². The van der Waals surface area contributed by atoms with Crippen LogP contribution in [0.25, 0.3) is 44.5 Å². The van der Waals surface area contributed by atoms with Gasteiger partial charge in [0, 0.05) is 28.2 Å². The summed E-state index contributed by atoms with van der Waals surface area (Å²) in [5, 5.41) is 0. The Morgan fingerprint density at radius 1 is 0.367 bits per heavy atom. The molecule has 3 heteroatoms. The summed E-state index contributed by atoms with van der Waals surface area (Å²) in [6, 6.07) is 78.4. The molecule has 286 valence electrons. The summed E-state index contributed by atoms with van der Waals surface area (Å²) >= 11 is 0. The number of nitrogens with zero attached hydrogens (tertiary/aromatic N) is 2. The van der Waals surface area contributed by atoms with Gasteiger partial charge in [0.15, 0.2) is 11.5 Å². The summed E-state index contributed by atoms with van der Waals surface area (Å²) < 4.78 is 6.57. The zero-order valence-electron chi connectivity index (χ0n) is 33.6. The predicted octanol–water partition coefficient (Wildman–Crippen LogP) is 16.0. The second kappa shape index (κ2) is 14.3. The molecule has 0 radical (unpaired) electrons. The van der Waals surface area contributed by atoms with E-state index in [-0.39, 0.29) is 5.41 Å². The molecule has 0 saturated heterocycles. The number of benzene rings is 9. The fourth-order valence-corrected chi connectivity index (χ4v) is 9.19. The molecule has 3 nitrogen and oxygen atoms in total. The zero-order chi connectivity index (χ0) is 40.2. The first-order chi connectivity index (χ1) is 29.5. The van der Waals surface area contributed by atoms with E-state index in [0.29, 0.717) is 0 Å². The van der Waals surface area contributed by atoms with E-state index in [4.69, 9.17) is 4.74 Å². The van der Waals surface area contributed by atoms with Gasteiger partial charge in [-0.1, -0.05) is 153 Å². The van der Waals surface area contributed by atoms with Gasteiger partial charge >= 0.3 is 0 Å². The quantitative estimate of drug-likeness (QED) is 0.161. The highest BCUT2D eigenvalue weighted by molar-refractivity contribution is 5.89. The van der Waals surface area contributed by atoms with Crippen LogP contribution in [0, 0.1) is 0 Å². The molecule has 60 heavy (non-hydrogen) atoms. The zero-order valence-corrected chi connectivity index (χ0v) is 33.6. The minimum absolute atomic E-state index is 0.115. The first kappa shape index (κ1) is 35.5. The summed E-state index contributed by atoms with van der Waals surface area (Å²) in [4.78, 5) is 4.67. The normalized spacial score (nSPS) is 13.1. The lowest BCUT2D eigenvalue weighted by molar-refractivity contribution is 0.477. The van der Waals surface area contributed by atoms with E-state index < -0.39 is 0 Å². The monoisotopic (exact) mass is 770 g/mol. The lowest BCUT2D eigenvalue weighted by Crippen LogP contribution is -2.16. The van der Waals surface area contributed by atoms with Gasteiger partial charge in [0.25, 0.3) is 0 Å². The molecule has 0 bridgehead atoms. The van der Waals surface area contributed by atoms with Gasteiger partial charge < -0.3 is 14.5 Å². The second-order valence-corrected chi connectivity index (χ2v) is 16.2. The lowest BCUT2D eigenvalue weighted by atomic mass is 9.82. The van der Waals surface area contributed by atoms with Crippen molar-refractivity contribution < 1.29 is 4.74 Å². The molecule has 1 heterocycles. The topological polar surface area (TPSA) is 15.7 Å². The lowest BCUT2D eigenvalue weighted by Gasteiger charge is -2.33. The van der Waals surface area contributed by atoms with E-state index in [1.54, 1.807) is 0 Å². The number of para-hydroxylation sites is 3. The average molecular weight is 771 g/mol. The van der Waals surface area contributed by atoms with Crippen molar-refractivity contribution in [3.8, 4) is 56.0 Å². The Morgan fingerprint density at radius 3 is 1.60 bits per heavy atom.